The second kappa shape index (κ2) is 6.82. The van der Waals surface area contributed by atoms with Crippen LogP contribution in [0.1, 0.15) is 28.2 Å². The number of hydrogen-bond donors (Lipinski definition) is 1. The Morgan fingerprint density at radius 2 is 2.17 bits per heavy atom. The zero-order valence-corrected chi connectivity index (χ0v) is 13.3. The van der Waals surface area contributed by atoms with Gasteiger partial charge in [0, 0.05) is 25.6 Å². The molecule has 1 aliphatic heterocycles. The van der Waals surface area contributed by atoms with Crippen molar-refractivity contribution < 1.29 is 18.5 Å². The SMILES string of the molecule is Cc1cc(C(=O)N[C@@H]2CC(=O)N(CCc3ccc(F)cc3)C2)no1. The van der Waals surface area contributed by atoms with E-state index in [1.807, 2.05) is 0 Å². The molecule has 1 aliphatic rings. The number of amides is 2. The fourth-order valence-electron chi connectivity index (χ4n) is 2.73. The Labute approximate surface area is 138 Å². The van der Waals surface area contributed by atoms with E-state index in [1.54, 1.807) is 30.0 Å². The van der Waals surface area contributed by atoms with Crippen molar-refractivity contribution in [1.29, 1.82) is 0 Å². The van der Waals surface area contributed by atoms with Gasteiger partial charge in [-0.2, -0.15) is 0 Å². The Bertz CT molecular complexity index is 742. The van der Waals surface area contributed by atoms with Crippen LogP contribution in [-0.4, -0.2) is 41.0 Å². The van der Waals surface area contributed by atoms with E-state index in [2.05, 4.69) is 10.5 Å². The third-order valence-corrected chi connectivity index (χ3v) is 3.99. The monoisotopic (exact) mass is 331 g/mol. The van der Waals surface area contributed by atoms with Gasteiger partial charge < -0.3 is 14.7 Å². The molecule has 1 aromatic carbocycles. The van der Waals surface area contributed by atoms with Gasteiger partial charge in [-0.05, 0) is 31.0 Å². The minimum absolute atomic E-state index is 0.00116. The Morgan fingerprint density at radius 1 is 1.42 bits per heavy atom. The lowest BCUT2D eigenvalue weighted by Gasteiger charge is -2.17. The molecule has 1 saturated heterocycles. The van der Waals surface area contributed by atoms with Crippen LogP contribution in [0.15, 0.2) is 34.9 Å². The van der Waals surface area contributed by atoms with Crippen LogP contribution < -0.4 is 5.32 Å². The van der Waals surface area contributed by atoms with Crippen LogP contribution in [0, 0.1) is 12.7 Å². The molecule has 3 rings (SSSR count). The number of carbonyl (C=O) groups is 2. The first kappa shape index (κ1) is 16.2. The third kappa shape index (κ3) is 3.79. The van der Waals surface area contributed by atoms with Gasteiger partial charge in [-0.1, -0.05) is 17.3 Å². The number of carbonyl (C=O) groups excluding carboxylic acids is 2. The van der Waals surface area contributed by atoms with E-state index in [9.17, 15) is 14.0 Å². The number of nitrogens with one attached hydrogen (secondary N) is 1. The molecule has 0 unspecified atom stereocenters. The zero-order chi connectivity index (χ0) is 17.1. The van der Waals surface area contributed by atoms with Gasteiger partial charge in [0.1, 0.15) is 11.6 Å². The summed E-state index contributed by atoms with van der Waals surface area (Å²) in [5.41, 5.74) is 1.18. The van der Waals surface area contributed by atoms with Crippen LogP contribution in [0.2, 0.25) is 0 Å². The van der Waals surface area contributed by atoms with Crippen molar-refractivity contribution in [3.05, 3.63) is 53.2 Å². The largest absolute Gasteiger partial charge is 0.361 e. The van der Waals surface area contributed by atoms with Crippen molar-refractivity contribution in [2.24, 2.45) is 0 Å². The van der Waals surface area contributed by atoms with E-state index in [0.717, 1.165) is 5.56 Å². The summed E-state index contributed by atoms with van der Waals surface area (Å²) < 4.78 is 17.8. The minimum Gasteiger partial charge on any atom is -0.361 e. The summed E-state index contributed by atoms with van der Waals surface area (Å²) >= 11 is 0. The van der Waals surface area contributed by atoms with Crippen molar-refractivity contribution in [1.82, 2.24) is 15.4 Å². The smallest absolute Gasteiger partial charge is 0.273 e. The highest BCUT2D eigenvalue weighted by atomic mass is 19.1. The average Bonchev–Trinajstić information content (AvgIpc) is 3.13. The summed E-state index contributed by atoms with van der Waals surface area (Å²) in [6, 6.07) is 7.55. The molecule has 0 saturated carbocycles. The number of aromatic nitrogens is 1. The quantitative estimate of drug-likeness (QED) is 0.905. The maximum absolute atomic E-state index is 12.9. The van der Waals surface area contributed by atoms with Gasteiger partial charge in [0.25, 0.3) is 5.91 Å². The van der Waals surface area contributed by atoms with Crippen molar-refractivity contribution in [3.63, 3.8) is 0 Å². The fourth-order valence-corrected chi connectivity index (χ4v) is 2.73. The Hall–Kier alpha value is -2.70. The maximum Gasteiger partial charge on any atom is 0.273 e. The second-order valence-corrected chi connectivity index (χ2v) is 5.91. The van der Waals surface area contributed by atoms with Crippen molar-refractivity contribution in [3.8, 4) is 0 Å². The van der Waals surface area contributed by atoms with Crippen LogP contribution in [0.25, 0.3) is 0 Å². The Balaban J connectivity index is 1.51. The molecule has 0 radical (unpaired) electrons. The molecule has 2 aromatic rings. The number of benzene rings is 1. The summed E-state index contributed by atoms with van der Waals surface area (Å²) in [5, 5.41) is 6.46. The number of aryl methyl sites for hydroxylation is 1. The lowest BCUT2D eigenvalue weighted by atomic mass is 10.1. The molecule has 1 aromatic heterocycles. The standard InChI is InChI=1S/C17H18FN3O3/c1-11-8-15(20-24-11)17(23)19-14-9-16(22)21(10-14)7-6-12-2-4-13(18)5-3-12/h2-5,8,14H,6-7,9-10H2,1H3,(H,19,23)/t14-/m1/s1. The number of hydrogen-bond acceptors (Lipinski definition) is 4. The molecule has 1 fully saturated rings. The molecule has 0 aliphatic carbocycles. The lowest BCUT2D eigenvalue weighted by molar-refractivity contribution is -0.127. The maximum atomic E-state index is 12.9. The molecule has 1 atom stereocenters. The van der Waals surface area contributed by atoms with Gasteiger partial charge in [0.05, 0.1) is 6.04 Å². The Morgan fingerprint density at radius 3 is 2.83 bits per heavy atom. The topological polar surface area (TPSA) is 75.4 Å². The van der Waals surface area contributed by atoms with Crippen LogP contribution in [0.4, 0.5) is 4.39 Å². The normalized spacial score (nSPS) is 17.3. The molecule has 7 heteroatoms. The zero-order valence-electron chi connectivity index (χ0n) is 13.3. The highest BCUT2D eigenvalue weighted by Crippen LogP contribution is 2.14. The van der Waals surface area contributed by atoms with E-state index in [4.69, 9.17) is 4.52 Å². The number of rotatable bonds is 5. The molecule has 1 N–H and O–H groups in total. The highest BCUT2D eigenvalue weighted by Gasteiger charge is 2.30. The molecule has 0 bridgehead atoms. The number of likely N-dealkylation sites (tertiary alicyclic amines) is 1. The number of halogens is 1. The van der Waals surface area contributed by atoms with E-state index in [-0.39, 0.29) is 35.8 Å². The van der Waals surface area contributed by atoms with Crippen LogP contribution in [0.5, 0.6) is 0 Å². The molecular formula is C17H18FN3O3. The first-order valence-corrected chi connectivity index (χ1v) is 7.77. The minimum atomic E-state index is -0.343. The summed E-state index contributed by atoms with van der Waals surface area (Å²) in [7, 11) is 0. The van der Waals surface area contributed by atoms with Gasteiger partial charge in [-0.25, -0.2) is 4.39 Å². The lowest BCUT2D eigenvalue weighted by Crippen LogP contribution is -2.37. The van der Waals surface area contributed by atoms with Gasteiger partial charge >= 0.3 is 0 Å². The van der Waals surface area contributed by atoms with E-state index in [1.165, 1.54) is 12.1 Å². The number of nitrogens with zero attached hydrogens (tertiary/aromatic N) is 2. The van der Waals surface area contributed by atoms with Crippen LogP contribution in [-0.2, 0) is 11.2 Å². The molecule has 2 amide bonds. The molecule has 126 valence electrons. The van der Waals surface area contributed by atoms with Crippen molar-refractivity contribution in [2.75, 3.05) is 13.1 Å². The molecule has 0 spiro atoms. The van der Waals surface area contributed by atoms with E-state index < -0.39 is 0 Å². The predicted octanol–water partition coefficient (Wildman–Crippen LogP) is 1.70. The van der Waals surface area contributed by atoms with Gasteiger partial charge in [-0.15, -0.1) is 0 Å². The van der Waals surface area contributed by atoms with E-state index in [0.29, 0.717) is 25.3 Å². The summed E-state index contributed by atoms with van der Waals surface area (Å²) in [5.74, 6) is -0.0609. The van der Waals surface area contributed by atoms with E-state index >= 15 is 0 Å². The van der Waals surface area contributed by atoms with Gasteiger partial charge in [0.2, 0.25) is 5.91 Å². The summed E-state index contributed by atoms with van der Waals surface area (Å²) in [6.45, 7) is 2.71. The fraction of sp³-hybridized carbons (Fsp3) is 0.353. The van der Waals surface area contributed by atoms with Crippen LogP contribution in [0.3, 0.4) is 0 Å². The first-order chi connectivity index (χ1) is 11.5. The second-order valence-electron chi connectivity index (χ2n) is 5.91. The molecular weight excluding hydrogens is 313 g/mol. The van der Waals surface area contributed by atoms with Crippen molar-refractivity contribution in [2.45, 2.75) is 25.8 Å². The van der Waals surface area contributed by atoms with Crippen LogP contribution >= 0.6 is 0 Å². The van der Waals surface area contributed by atoms with Crippen molar-refractivity contribution >= 4 is 11.8 Å². The predicted molar refractivity (Wildman–Crippen MR) is 83.8 cm³/mol. The third-order valence-electron chi connectivity index (χ3n) is 3.99. The van der Waals surface area contributed by atoms with Gasteiger partial charge in [-0.3, -0.25) is 9.59 Å². The van der Waals surface area contributed by atoms with Gasteiger partial charge in [0.15, 0.2) is 5.69 Å². The molecule has 6 nitrogen and oxygen atoms in total. The highest BCUT2D eigenvalue weighted by molar-refractivity contribution is 5.93. The summed E-state index contributed by atoms with van der Waals surface area (Å²) in [6.07, 6.45) is 0.918. The molecule has 24 heavy (non-hydrogen) atoms. The summed E-state index contributed by atoms with van der Waals surface area (Å²) in [4.78, 5) is 25.8. The molecule has 2 heterocycles. The Kier molecular flexibility index (Phi) is 4.59. The first-order valence-electron chi connectivity index (χ1n) is 7.77. The average molecular weight is 331 g/mol.